The van der Waals surface area contributed by atoms with Gasteiger partial charge in [-0.05, 0) is 76.4 Å². The van der Waals surface area contributed by atoms with E-state index in [0.717, 1.165) is 34.7 Å². The second kappa shape index (κ2) is 15.9. The number of hydrogen-bond donors (Lipinski definition) is 2. The van der Waals surface area contributed by atoms with Gasteiger partial charge < -0.3 is 24.8 Å². The van der Waals surface area contributed by atoms with Crippen LogP contribution in [0.2, 0.25) is 0 Å². The van der Waals surface area contributed by atoms with Gasteiger partial charge in [-0.3, -0.25) is 4.79 Å². The highest BCUT2D eigenvalue weighted by Gasteiger charge is 2.24. The van der Waals surface area contributed by atoms with Crippen molar-refractivity contribution >= 4 is 39.7 Å². The average Bonchev–Trinajstić information content (AvgIpc) is 3.53. The Morgan fingerprint density at radius 2 is 1.79 bits per heavy atom. The third-order valence-corrected chi connectivity index (χ3v) is 8.90. The zero-order valence-electron chi connectivity index (χ0n) is 27.0. The van der Waals surface area contributed by atoms with E-state index in [9.17, 15) is 4.79 Å². The summed E-state index contributed by atoms with van der Waals surface area (Å²) >= 11 is 6.03. The van der Waals surface area contributed by atoms with Crippen molar-refractivity contribution in [1.82, 2.24) is 19.8 Å². The Kier molecular flexibility index (Phi) is 11.2. The zero-order chi connectivity index (χ0) is 33.2. The lowest BCUT2D eigenvalue weighted by Crippen LogP contribution is -2.50. The molecule has 240 valence electrons. The fraction of sp³-hybridized carbons (Fsp3) is 0.263. The Morgan fingerprint density at radius 3 is 2.51 bits per heavy atom. The number of benzene rings is 4. The molecule has 1 aromatic heterocycles. The van der Waals surface area contributed by atoms with E-state index in [0.29, 0.717) is 30.3 Å². The van der Waals surface area contributed by atoms with E-state index < -0.39 is 0 Å². The summed E-state index contributed by atoms with van der Waals surface area (Å²) in [4.78, 5) is 20.1. The number of fused-ring (bicyclic) bond motifs is 1. The van der Waals surface area contributed by atoms with Crippen LogP contribution in [0.1, 0.15) is 42.7 Å². The zero-order valence-corrected chi connectivity index (χ0v) is 27.8. The predicted molar refractivity (Wildman–Crippen MR) is 191 cm³/mol. The van der Waals surface area contributed by atoms with Crippen LogP contribution in [0, 0.1) is 17.2 Å². The molecule has 0 unspecified atom stereocenters. The molecule has 0 spiro atoms. The summed E-state index contributed by atoms with van der Waals surface area (Å²) in [6.45, 7) is 5.96. The number of nitriles is 1. The summed E-state index contributed by atoms with van der Waals surface area (Å²) in [5.41, 5.74) is 4.48. The first-order valence-electron chi connectivity index (χ1n) is 15.8. The molecular formula is C38H40N6O2S. The highest BCUT2D eigenvalue weighted by atomic mass is 32.1. The molecule has 0 saturated heterocycles. The maximum Gasteiger partial charge on any atom is 0.226 e. The maximum absolute atomic E-state index is 13.6. The van der Waals surface area contributed by atoms with Gasteiger partial charge in [0.05, 0.1) is 31.5 Å². The highest BCUT2D eigenvalue weighted by molar-refractivity contribution is 7.80. The number of methoxy groups -OCH3 is 1. The van der Waals surface area contributed by atoms with Crippen LogP contribution < -0.4 is 15.4 Å². The monoisotopic (exact) mass is 644 g/mol. The lowest BCUT2D eigenvalue weighted by molar-refractivity contribution is -0.121. The molecule has 0 saturated carbocycles. The minimum atomic E-state index is -0.159. The predicted octanol–water partition coefficient (Wildman–Crippen LogP) is 6.94. The van der Waals surface area contributed by atoms with Crippen molar-refractivity contribution in [3.63, 3.8) is 0 Å². The van der Waals surface area contributed by atoms with Crippen LogP contribution in [0.4, 0.5) is 5.69 Å². The van der Waals surface area contributed by atoms with Gasteiger partial charge in [-0.2, -0.15) is 5.26 Å². The quantitative estimate of drug-likeness (QED) is 0.134. The number of nitrogens with one attached hydrogen (secondary N) is 2. The molecule has 2 N–H and O–H groups in total. The first kappa shape index (κ1) is 33.2. The van der Waals surface area contributed by atoms with Crippen LogP contribution >= 0.6 is 12.2 Å². The van der Waals surface area contributed by atoms with Gasteiger partial charge in [0.2, 0.25) is 5.91 Å². The van der Waals surface area contributed by atoms with Gasteiger partial charge in [0.15, 0.2) is 5.11 Å². The number of carbonyl (C=O) groups is 1. The van der Waals surface area contributed by atoms with E-state index in [2.05, 4.69) is 76.8 Å². The van der Waals surface area contributed by atoms with Crippen molar-refractivity contribution in [2.24, 2.45) is 5.92 Å². The fourth-order valence-corrected chi connectivity index (χ4v) is 5.82. The number of nitrogens with zero attached hydrogens (tertiary/aromatic N) is 4. The molecule has 2 atom stereocenters. The number of rotatable bonds is 13. The number of anilines is 1. The molecule has 1 amide bonds. The van der Waals surface area contributed by atoms with Crippen molar-refractivity contribution in [1.29, 1.82) is 5.26 Å². The molecule has 0 aliphatic heterocycles. The summed E-state index contributed by atoms with van der Waals surface area (Å²) in [7, 11) is 1.64. The van der Waals surface area contributed by atoms with Gasteiger partial charge in [-0.1, -0.05) is 74.9 Å². The Bertz CT molecular complexity index is 1840. The molecule has 0 aliphatic carbocycles. The topological polar surface area (TPSA) is 95.2 Å². The van der Waals surface area contributed by atoms with E-state index >= 15 is 0 Å². The third-order valence-electron chi connectivity index (χ3n) is 8.54. The SMILES string of the molecule is CC[C@H](C)[C@@H](CN(Cc1cccc2ccccc12)C(=S)Nc1ccc(OC)cc1)NC(=O)Cc1cncn1Cc1ccc(C#N)cc1. The Hall–Kier alpha value is -5.20. The van der Waals surface area contributed by atoms with Crippen LogP contribution in [0.3, 0.4) is 0 Å². The van der Waals surface area contributed by atoms with Crippen LogP contribution in [0.5, 0.6) is 5.75 Å². The summed E-state index contributed by atoms with van der Waals surface area (Å²) < 4.78 is 7.30. The molecule has 0 aliphatic rings. The standard InChI is InChI=1S/C38H40N6O2S/c1-4-27(2)36(42-37(45)20-33-22-40-26-44(33)23-29-14-12-28(21-39)13-15-29)25-43(38(47)41-32-16-18-34(46-3)19-17-32)24-31-10-7-9-30-8-5-6-11-35(30)31/h5-19,22,26-27,36H,4,20,23-25H2,1-3H3,(H,41,47)(H,42,45)/t27-,36+/m0/s1. The molecule has 8 nitrogen and oxygen atoms in total. The summed E-state index contributed by atoms with van der Waals surface area (Å²) in [5.74, 6) is 0.893. The van der Waals surface area contributed by atoms with Gasteiger partial charge in [0.25, 0.3) is 0 Å². The van der Waals surface area contributed by atoms with Crippen molar-refractivity contribution in [3.8, 4) is 11.8 Å². The number of imidazole rings is 1. The lowest BCUT2D eigenvalue weighted by Gasteiger charge is -2.33. The average molecular weight is 645 g/mol. The normalized spacial score (nSPS) is 12.1. The molecule has 0 bridgehead atoms. The molecule has 5 aromatic rings. The summed E-state index contributed by atoms with van der Waals surface area (Å²) in [5, 5.41) is 18.8. The van der Waals surface area contributed by atoms with Crippen LogP contribution in [-0.2, 0) is 24.3 Å². The summed E-state index contributed by atoms with van der Waals surface area (Å²) in [6, 6.07) is 31.8. The number of carbonyl (C=O) groups excluding carboxylic acids is 1. The highest BCUT2D eigenvalue weighted by Crippen LogP contribution is 2.23. The maximum atomic E-state index is 13.6. The fourth-order valence-electron chi connectivity index (χ4n) is 5.56. The van der Waals surface area contributed by atoms with E-state index in [1.165, 1.54) is 10.8 Å². The molecule has 4 aromatic carbocycles. The second-order valence-electron chi connectivity index (χ2n) is 11.7. The van der Waals surface area contributed by atoms with Crippen LogP contribution in [0.15, 0.2) is 104 Å². The Balaban J connectivity index is 1.34. The molecule has 47 heavy (non-hydrogen) atoms. The first-order valence-corrected chi connectivity index (χ1v) is 16.2. The van der Waals surface area contributed by atoms with E-state index in [4.69, 9.17) is 22.2 Å². The molecule has 0 radical (unpaired) electrons. The second-order valence-corrected chi connectivity index (χ2v) is 12.1. The van der Waals surface area contributed by atoms with E-state index in [1.54, 1.807) is 31.8 Å². The Labute approximate surface area is 282 Å². The van der Waals surface area contributed by atoms with Gasteiger partial charge >= 0.3 is 0 Å². The summed E-state index contributed by atoms with van der Waals surface area (Å²) in [6.07, 6.45) is 4.56. The number of hydrogen-bond acceptors (Lipinski definition) is 5. The lowest BCUT2D eigenvalue weighted by atomic mass is 9.97. The van der Waals surface area contributed by atoms with Crippen LogP contribution in [-0.4, -0.2) is 45.2 Å². The molecular weight excluding hydrogens is 605 g/mol. The third kappa shape index (κ3) is 8.75. The number of aromatic nitrogens is 2. The van der Waals surface area contributed by atoms with Crippen molar-refractivity contribution in [3.05, 3.63) is 126 Å². The minimum Gasteiger partial charge on any atom is -0.497 e. The van der Waals surface area contributed by atoms with E-state index in [-0.39, 0.29) is 24.3 Å². The van der Waals surface area contributed by atoms with Gasteiger partial charge in [0, 0.05) is 43.3 Å². The first-order chi connectivity index (χ1) is 22.9. The van der Waals surface area contributed by atoms with Gasteiger partial charge in [0.1, 0.15) is 5.75 Å². The molecule has 9 heteroatoms. The van der Waals surface area contributed by atoms with E-state index in [1.807, 2.05) is 47.0 Å². The smallest absolute Gasteiger partial charge is 0.226 e. The molecule has 0 fully saturated rings. The van der Waals surface area contributed by atoms with Gasteiger partial charge in [-0.25, -0.2) is 4.98 Å². The number of ether oxygens (including phenoxy) is 1. The number of amides is 1. The van der Waals surface area contributed by atoms with Crippen molar-refractivity contribution in [2.75, 3.05) is 19.0 Å². The minimum absolute atomic E-state index is 0.0731. The Morgan fingerprint density at radius 1 is 1.04 bits per heavy atom. The molecule has 1 heterocycles. The van der Waals surface area contributed by atoms with Gasteiger partial charge in [-0.15, -0.1) is 0 Å². The number of thiocarbonyl (C=S) groups is 1. The molecule has 5 rings (SSSR count). The van der Waals surface area contributed by atoms with Crippen LogP contribution in [0.25, 0.3) is 10.8 Å². The largest absolute Gasteiger partial charge is 0.497 e. The van der Waals surface area contributed by atoms with Crippen molar-refractivity contribution in [2.45, 2.75) is 45.8 Å². The van der Waals surface area contributed by atoms with Crippen molar-refractivity contribution < 1.29 is 9.53 Å².